The van der Waals surface area contributed by atoms with Crippen molar-refractivity contribution in [1.82, 2.24) is 9.78 Å². The molecule has 0 bridgehead atoms. The van der Waals surface area contributed by atoms with E-state index in [1.54, 1.807) is 4.68 Å². The molecule has 0 saturated heterocycles. The second-order valence-corrected chi connectivity index (χ2v) is 4.86. The van der Waals surface area contributed by atoms with E-state index in [0.29, 0.717) is 18.0 Å². The molecule has 0 amide bonds. The number of hydrogen-bond donors (Lipinski definition) is 1. The summed E-state index contributed by atoms with van der Waals surface area (Å²) in [5.74, 6) is -3.95. The van der Waals surface area contributed by atoms with Crippen LogP contribution in [0.15, 0.2) is 12.1 Å². The van der Waals surface area contributed by atoms with Gasteiger partial charge in [-0.3, -0.25) is 4.68 Å². The molecule has 1 aromatic carbocycles. The quantitative estimate of drug-likeness (QED) is 0.840. The number of anilines is 1. The molecule has 7 heteroatoms. The molecule has 21 heavy (non-hydrogen) atoms. The molecule has 0 radical (unpaired) electrons. The maximum absolute atomic E-state index is 13.2. The first-order valence-electron chi connectivity index (χ1n) is 6.60. The zero-order chi connectivity index (χ0) is 15.6. The first-order chi connectivity index (χ1) is 9.97. The number of nitrogens with one attached hydrogen (secondary N) is 1. The van der Waals surface area contributed by atoms with Crippen molar-refractivity contribution >= 4 is 17.3 Å². The van der Waals surface area contributed by atoms with Crippen molar-refractivity contribution in [3.05, 3.63) is 46.0 Å². The Morgan fingerprint density at radius 2 is 1.81 bits per heavy atom. The van der Waals surface area contributed by atoms with Crippen LogP contribution in [0.25, 0.3) is 0 Å². The van der Waals surface area contributed by atoms with Crippen LogP contribution in [0.1, 0.15) is 25.2 Å². The molecule has 0 aliphatic heterocycles. The summed E-state index contributed by atoms with van der Waals surface area (Å²) in [6, 6.07) is 1.80. The zero-order valence-corrected chi connectivity index (χ0v) is 12.4. The van der Waals surface area contributed by atoms with Crippen molar-refractivity contribution in [2.24, 2.45) is 0 Å². The van der Waals surface area contributed by atoms with Crippen LogP contribution in [0.4, 0.5) is 18.9 Å². The predicted molar refractivity (Wildman–Crippen MR) is 75.9 cm³/mol. The van der Waals surface area contributed by atoms with E-state index in [4.69, 9.17) is 11.6 Å². The Kier molecular flexibility index (Phi) is 4.77. The van der Waals surface area contributed by atoms with Crippen molar-refractivity contribution in [2.45, 2.75) is 33.4 Å². The van der Waals surface area contributed by atoms with E-state index >= 15 is 0 Å². The van der Waals surface area contributed by atoms with E-state index < -0.39 is 17.5 Å². The van der Waals surface area contributed by atoms with E-state index in [9.17, 15) is 13.2 Å². The highest BCUT2D eigenvalue weighted by molar-refractivity contribution is 6.31. The van der Waals surface area contributed by atoms with Gasteiger partial charge in [-0.05, 0) is 13.3 Å². The highest BCUT2D eigenvalue weighted by Crippen LogP contribution is 2.23. The number of hydrogen-bond acceptors (Lipinski definition) is 2. The Morgan fingerprint density at radius 3 is 2.33 bits per heavy atom. The lowest BCUT2D eigenvalue weighted by Gasteiger charge is -2.09. The van der Waals surface area contributed by atoms with Gasteiger partial charge in [0.25, 0.3) is 0 Å². The van der Waals surface area contributed by atoms with Gasteiger partial charge in [-0.25, -0.2) is 13.2 Å². The third-order valence-corrected chi connectivity index (χ3v) is 3.57. The van der Waals surface area contributed by atoms with Gasteiger partial charge in [0.05, 0.1) is 23.0 Å². The second kappa shape index (κ2) is 6.39. The highest BCUT2D eigenvalue weighted by atomic mass is 35.5. The predicted octanol–water partition coefficient (Wildman–Crippen LogP) is 4.15. The number of benzene rings is 1. The summed E-state index contributed by atoms with van der Waals surface area (Å²) < 4.78 is 40.9. The minimum atomic E-state index is -1.48. The van der Waals surface area contributed by atoms with Gasteiger partial charge in [0.2, 0.25) is 0 Å². The molecule has 2 aromatic rings. The lowest BCUT2D eigenvalue weighted by molar-refractivity contribution is 0.447. The molecule has 0 unspecified atom stereocenters. The van der Waals surface area contributed by atoms with Crippen LogP contribution in [0.2, 0.25) is 5.02 Å². The molecule has 114 valence electrons. The van der Waals surface area contributed by atoms with Crippen molar-refractivity contribution < 1.29 is 13.2 Å². The lowest BCUT2D eigenvalue weighted by Crippen LogP contribution is -2.09. The highest BCUT2D eigenvalue weighted by Gasteiger charge is 2.15. The molecule has 1 heterocycles. The van der Waals surface area contributed by atoms with Gasteiger partial charge in [0, 0.05) is 24.4 Å². The normalized spacial score (nSPS) is 11.0. The SMILES string of the molecule is CCc1nn(CC)c(CNc2cc(F)c(F)c(F)c2)c1Cl. The Balaban J connectivity index is 2.22. The fourth-order valence-corrected chi connectivity index (χ4v) is 2.37. The monoisotopic (exact) mass is 317 g/mol. The molecule has 0 aliphatic carbocycles. The summed E-state index contributed by atoms with van der Waals surface area (Å²) in [5, 5.41) is 7.71. The summed E-state index contributed by atoms with van der Waals surface area (Å²) in [7, 11) is 0. The molecule has 1 aromatic heterocycles. The van der Waals surface area contributed by atoms with Crippen LogP contribution >= 0.6 is 11.6 Å². The molecule has 0 atom stereocenters. The number of rotatable bonds is 5. The first-order valence-corrected chi connectivity index (χ1v) is 6.98. The summed E-state index contributed by atoms with van der Waals surface area (Å²) in [6.45, 7) is 4.73. The lowest BCUT2D eigenvalue weighted by atomic mass is 10.2. The van der Waals surface area contributed by atoms with E-state index in [1.807, 2.05) is 13.8 Å². The summed E-state index contributed by atoms with van der Waals surface area (Å²) >= 11 is 6.23. The molecule has 0 saturated carbocycles. The van der Waals surface area contributed by atoms with E-state index in [-0.39, 0.29) is 12.2 Å². The Hall–Kier alpha value is -1.69. The van der Waals surface area contributed by atoms with Gasteiger partial charge in [-0.1, -0.05) is 18.5 Å². The Morgan fingerprint density at radius 1 is 1.19 bits per heavy atom. The fraction of sp³-hybridized carbons (Fsp3) is 0.357. The third-order valence-electron chi connectivity index (χ3n) is 3.14. The number of halogens is 4. The Bertz CT molecular complexity index is 632. The van der Waals surface area contributed by atoms with Gasteiger partial charge in [-0.2, -0.15) is 5.10 Å². The summed E-state index contributed by atoms with van der Waals surface area (Å²) in [5.41, 5.74) is 1.64. The molecular formula is C14H15ClF3N3. The van der Waals surface area contributed by atoms with Gasteiger partial charge in [0.15, 0.2) is 17.5 Å². The van der Waals surface area contributed by atoms with E-state index in [0.717, 1.165) is 23.5 Å². The van der Waals surface area contributed by atoms with Gasteiger partial charge >= 0.3 is 0 Å². The van der Waals surface area contributed by atoms with E-state index in [2.05, 4.69) is 10.4 Å². The maximum atomic E-state index is 13.2. The standard InChI is InChI=1S/C14H15ClF3N3/c1-3-11-13(15)12(21(4-2)20-11)7-19-8-5-9(16)14(18)10(17)6-8/h5-6,19H,3-4,7H2,1-2H3. The number of nitrogens with zero attached hydrogens (tertiary/aromatic N) is 2. The van der Waals surface area contributed by atoms with Gasteiger partial charge < -0.3 is 5.32 Å². The molecule has 3 nitrogen and oxygen atoms in total. The second-order valence-electron chi connectivity index (χ2n) is 4.48. The van der Waals surface area contributed by atoms with Gasteiger partial charge in [0.1, 0.15) is 0 Å². The topological polar surface area (TPSA) is 29.9 Å². The van der Waals surface area contributed by atoms with Crippen LogP contribution in [0.3, 0.4) is 0 Å². The van der Waals surface area contributed by atoms with Crippen LogP contribution in [0, 0.1) is 17.5 Å². The minimum absolute atomic E-state index is 0.143. The smallest absolute Gasteiger partial charge is 0.194 e. The van der Waals surface area contributed by atoms with Crippen molar-refractivity contribution in [2.75, 3.05) is 5.32 Å². The van der Waals surface area contributed by atoms with Crippen LogP contribution in [-0.2, 0) is 19.5 Å². The molecule has 0 fully saturated rings. The molecule has 1 N–H and O–H groups in total. The zero-order valence-electron chi connectivity index (χ0n) is 11.7. The molecule has 0 spiro atoms. The average Bonchev–Trinajstić information content (AvgIpc) is 2.78. The molecular weight excluding hydrogens is 303 g/mol. The number of aromatic nitrogens is 2. The first kappa shape index (κ1) is 15.7. The van der Waals surface area contributed by atoms with Crippen molar-refractivity contribution in [3.63, 3.8) is 0 Å². The summed E-state index contributed by atoms with van der Waals surface area (Å²) in [6.07, 6.45) is 0.693. The largest absolute Gasteiger partial charge is 0.379 e. The molecule has 2 rings (SSSR count). The average molecular weight is 318 g/mol. The maximum Gasteiger partial charge on any atom is 0.194 e. The fourth-order valence-electron chi connectivity index (χ4n) is 2.03. The molecule has 0 aliphatic rings. The van der Waals surface area contributed by atoms with E-state index in [1.165, 1.54) is 0 Å². The van der Waals surface area contributed by atoms with Crippen LogP contribution in [0.5, 0.6) is 0 Å². The van der Waals surface area contributed by atoms with Crippen LogP contribution < -0.4 is 5.32 Å². The number of aryl methyl sites for hydroxylation is 2. The minimum Gasteiger partial charge on any atom is -0.379 e. The van der Waals surface area contributed by atoms with Crippen LogP contribution in [-0.4, -0.2) is 9.78 Å². The van der Waals surface area contributed by atoms with Crippen molar-refractivity contribution in [1.29, 1.82) is 0 Å². The van der Waals surface area contributed by atoms with Crippen molar-refractivity contribution in [3.8, 4) is 0 Å². The summed E-state index contributed by atoms with van der Waals surface area (Å²) in [4.78, 5) is 0. The Labute approximate surface area is 125 Å². The third kappa shape index (κ3) is 3.15. The van der Waals surface area contributed by atoms with Gasteiger partial charge in [-0.15, -0.1) is 0 Å².